The summed E-state index contributed by atoms with van der Waals surface area (Å²) in [6.45, 7) is 10.9. The van der Waals surface area contributed by atoms with Crippen molar-refractivity contribution in [2.45, 2.75) is 65.7 Å². The predicted octanol–water partition coefficient (Wildman–Crippen LogP) is 6.30. The van der Waals surface area contributed by atoms with Crippen LogP contribution in [0.5, 0.6) is 5.75 Å². The normalized spacial score (nSPS) is 10.9. The molecule has 2 aromatic rings. The van der Waals surface area contributed by atoms with Crippen molar-refractivity contribution in [3.05, 3.63) is 59.2 Å². The van der Waals surface area contributed by atoms with Crippen LogP contribution in [-0.4, -0.2) is 25.1 Å². The molecule has 31 heavy (non-hydrogen) atoms. The Labute approximate surface area is 186 Å². The molecule has 0 aliphatic heterocycles. The van der Waals surface area contributed by atoms with E-state index < -0.39 is 0 Å². The van der Waals surface area contributed by atoms with Crippen molar-refractivity contribution >= 4 is 17.6 Å². The standard InChI is InChI=1S/C26H35NO4/c1-6-7-8-16-30-24(28)17-31-21-14-12-20(13-15-21)26(29)27-25-22(18(2)3)10-9-11-23(25)19(4)5/h9-15,18-19H,6-8,16-17H2,1-5H3,(H,27,29). The number of unbranched alkanes of at least 4 members (excludes halogenated alkanes) is 2. The van der Waals surface area contributed by atoms with E-state index in [0.717, 1.165) is 36.1 Å². The maximum Gasteiger partial charge on any atom is 0.344 e. The number of hydrogen-bond acceptors (Lipinski definition) is 4. The average Bonchev–Trinajstić information content (AvgIpc) is 2.75. The lowest BCUT2D eigenvalue weighted by Crippen LogP contribution is -2.16. The van der Waals surface area contributed by atoms with Crippen molar-refractivity contribution in [3.8, 4) is 5.75 Å². The fraction of sp³-hybridized carbons (Fsp3) is 0.462. The monoisotopic (exact) mass is 425 g/mol. The van der Waals surface area contributed by atoms with Gasteiger partial charge in [0.05, 0.1) is 6.61 Å². The highest BCUT2D eigenvalue weighted by atomic mass is 16.6. The topological polar surface area (TPSA) is 64.6 Å². The predicted molar refractivity (Wildman–Crippen MR) is 125 cm³/mol. The van der Waals surface area contributed by atoms with Gasteiger partial charge in [-0.1, -0.05) is 65.7 Å². The van der Waals surface area contributed by atoms with Crippen molar-refractivity contribution < 1.29 is 19.1 Å². The molecule has 2 rings (SSSR count). The van der Waals surface area contributed by atoms with Crippen LogP contribution in [0, 0.1) is 0 Å². The quantitative estimate of drug-likeness (QED) is 0.339. The highest BCUT2D eigenvalue weighted by Gasteiger charge is 2.17. The molecule has 1 N–H and O–H groups in total. The molecule has 0 saturated carbocycles. The number of carbonyl (C=O) groups excluding carboxylic acids is 2. The summed E-state index contributed by atoms with van der Waals surface area (Å²) in [7, 11) is 0. The van der Waals surface area contributed by atoms with E-state index in [1.807, 2.05) is 6.07 Å². The van der Waals surface area contributed by atoms with Gasteiger partial charge in [-0.3, -0.25) is 4.79 Å². The summed E-state index contributed by atoms with van der Waals surface area (Å²) in [6, 6.07) is 12.9. The zero-order valence-electron chi connectivity index (χ0n) is 19.4. The van der Waals surface area contributed by atoms with Gasteiger partial charge < -0.3 is 14.8 Å². The summed E-state index contributed by atoms with van der Waals surface area (Å²) >= 11 is 0. The highest BCUT2D eigenvalue weighted by molar-refractivity contribution is 6.05. The summed E-state index contributed by atoms with van der Waals surface area (Å²) in [6.07, 6.45) is 2.98. The first-order valence-corrected chi connectivity index (χ1v) is 11.2. The lowest BCUT2D eigenvalue weighted by atomic mass is 9.92. The zero-order valence-corrected chi connectivity index (χ0v) is 19.4. The van der Waals surface area contributed by atoms with Gasteiger partial charge >= 0.3 is 5.97 Å². The second-order valence-electron chi connectivity index (χ2n) is 8.32. The molecule has 2 aromatic carbocycles. The first-order chi connectivity index (χ1) is 14.8. The number of hydrogen-bond donors (Lipinski definition) is 1. The van der Waals surface area contributed by atoms with E-state index in [1.54, 1.807) is 24.3 Å². The van der Waals surface area contributed by atoms with E-state index in [2.05, 4.69) is 52.1 Å². The van der Waals surface area contributed by atoms with Crippen LogP contribution >= 0.6 is 0 Å². The van der Waals surface area contributed by atoms with Gasteiger partial charge in [-0.05, 0) is 53.6 Å². The van der Waals surface area contributed by atoms with Crippen LogP contribution in [0.4, 0.5) is 5.69 Å². The average molecular weight is 426 g/mol. The molecule has 0 spiro atoms. The molecule has 0 aromatic heterocycles. The minimum atomic E-state index is -0.385. The number of anilines is 1. The number of carbonyl (C=O) groups is 2. The lowest BCUT2D eigenvalue weighted by molar-refractivity contribution is -0.146. The van der Waals surface area contributed by atoms with E-state index >= 15 is 0 Å². The number of rotatable bonds is 11. The largest absolute Gasteiger partial charge is 0.482 e. The Morgan fingerprint density at radius 3 is 2.06 bits per heavy atom. The third kappa shape index (κ3) is 7.42. The van der Waals surface area contributed by atoms with Gasteiger partial charge in [0.15, 0.2) is 6.61 Å². The maximum absolute atomic E-state index is 12.9. The highest BCUT2D eigenvalue weighted by Crippen LogP contribution is 2.32. The van der Waals surface area contributed by atoms with Gasteiger partial charge in [0.25, 0.3) is 5.91 Å². The fourth-order valence-electron chi connectivity index (χ4n) is 3.31. The Hall–Kier alpha value is -2.82. The number of amides is 1. The van der Waals surface area contributed by atoms with E-state index in [9.17, 15) is 9.59 Å². The number of esters is 1. The van der Waals surface area contributed by atoms with E-state index in [1.165, 1.54) is 0 Å². The summed E-state index contributed by atoms with van der Waals surface area (Å²) in [4.78, 5) is 24.6. The molecule has 0 heterocycles. The molecule has 0 bridgehead atoms. The van der Waals surface area contributed by atoms with Crippen molar-refractivity contribution in [1.29, 1.82) is 0 Å². The summed E-state index contributed by atoms with van der Waals surface area (Å²) in [5.74, 6) is 0.562. The summed E-state index contributed by atoms with van der Waals surface area (Å²) in [5.41, 5.74) is 3.67. The summed E-state index contributed by atoms with van der Waals surface area (Å²) in [5, 5.41) is 3.11. The fourth-order valence-corrected chi connectivity index (χ4v) is 3.31. The van der Waals surface area contributed by atoms with Gasteiger partial charge in [-0.15, -0.1) is 0 Å². The van der Waals surface area contributed by atoms with Crippen LogP contribution in [0.2, 0.25) is 0 Å². The van der Waals surface area contributed by atoms with Gasteiger partial charge in [0.2, 0.25) is 0 Å². The first-order valence-electron chi connectivity index (χ1n) is 11.2. The van der Waals surface area contributed by atoms with Crippen molar-refractivity contribution in [2.24, 2.45) is 0 Å². The van der Waals surface area contributed by atoms with Crippen LogP contribution < -0.4 is 10.1 Å². The number of nitrogens with one attached hydrogen (secondary N) is 1. The van der Waals surface area contributed by atoms with E-state index in [-0.39, 0.29) is 18.5 Å². The molecular weight excluding hydrogens is 390 g/mol. The second-order valence-corrected chi connectivity index (χ2v) is 8.32. The molecule has 0 aliphatic carbocycles. The Morgan fingerprint density at radius 1 is 0.903 bits per heavy atom. The first kappa shape index (κ1) is 24.4. The van der Waals surface area contributed by atoms with Gasteiger partial charge in [0.1, 0.15) is 5.75 Å². The molecule has 1 amide bonds. The lowest BCUT2D eigenvalue weighted by Gasteiger charge is -2.20. The maximum atomic E-state index is 12.9. The third-order valence-corrected chi connectivity index (χ3v) is 5.10. The van der Waals surface area contributed by atoms with Gasteiger partial charge in [-0.25, -0.2) is 4.79 Å². The smallest absolute Gasteiger partial charge is 0.344 e. The molecule has 0 aliphatic rings. The molecule has 0 saturated heterocycles. The van der Waals surface area contributed by atoms with Crippen LogP contribution in [-0.2, 0) is 9.53 Å². The molecule has 5 heteroatoms. The van der Waals surface area contributed by atoms with Gasteiger partial charge in [-0.2, -0.15) is 0 Å². The Kier molecular flexibility index (Phi) is 9.57. The van der Waals surface area contributed by atoms with Crippen molar-refractivity contribution in [1.82, 2.24) is 0 Å². The molecule has 5 nitrogen and oxygen atoms in total. The Bertz CT molecular complexity index is 830. The van der Waals surface area contributed by atoms with Crippen LogP contribution in [0.3, 0.4) is 0 Å². The second kappa shape index (κ2) is 12.1. The van der Waals surface area contributed by atoms with Crippen LogP contribution in [0.1, 0.15) is 87.2 Å². The van der Waals surface area contributed by atoms with Gasteiger partial charge in [0, 0.05) is 11.3 Å². The number of para-hydroxylation sites is 1. The number of ether oxygens (including phenoxy) is 2. The summed E-state index contributed by atoms with van der Waals surface area (Å²) < 4.78 is 10.6. The SMILES string of the molecule is CCCCCOC(=O)COc1ccc(C(=O)Nc2c(C(C)C)cccc2C(C)C)cc1. The minimum Gasteiger partial charge on any atom is -0.482 e. The Morgan fingerprint density at radius 2 is 1.52 bits per heavy atom. The van der Waals surface area contributed by atoms with Crippen LogP contribution in [0.25, 0.3) is 0 Å². The van der Waals surface area contributed by atoms with E-state index in [4.69, 9.17) is 9.47 Å². The molecule has 0 atom stereocenters. The molecule has 0 unspecified atom stereocenters. The molecule has 0 fully saturated rings. The Balaban J connectivity index is 2.00. The third-order valence-electron chi connectivity index (χ3n) is 5.10. The molecular formula is C26H35NO4. The van der Waals surface area contributed by atoms with Crippen molar-refractivity contribution in [3.63, 3.8) is 0 Å². The van der Waals surface area contributed by atoms with Crippen molar-refractivity contribution in [2.75, 3.05) is 18.5 Å². The number of benzene rings is 2. The van der Waals surface area contributed by atoms with Crippen LogP contribution in [0.15, 0.2) is 42.5 Å². The van der Waals surface area contributed by atoms with E-state index in [0.29, 0.717) is 29.8 Å². The zero-order chi connectivity index (χ0) is 22.8. The minimum absolute atomic E-state index is 0.142. The molecule has 0 radical (unpaired) electrons. The molecule has 168 valence electrons.